The van der Waals surface area contributed by atoms with Gasteiger partial charge in [-0.25, -0.2) is 0 Å². The van der Waals surface area contributed by atoms with E-state index in [1.807, 2.05) is 30.1 Å². The summed E-state index contributed by atoms with van der Waals surface area (Å²) in [6, 6.07) is 4.31. The normalized spacial score (nSPS) is 17.9. The standard InChI is InChI=1S/C17H29N3OS2.HI/c1-16(2,14-6-5-11-23-14)12-19-15(18-3)20-13-17(22-4)7-9-21-10-8-17;/h5-6,11H,7-10,12-13H2,1-4H3,(H2,18,19,20);1H. The van der Waals surface area contributed by atoms with Crippen LogP contribution in [0.25, 0.3) is 0 Å². The van der Waals surface area contributed by atoms with Crippen LogP contribution >= 0.6 is 47.1 Å². The van der Waals surface area contributed by atoms with Gasteiger partial charge in [-0.2, -0.15) is 11.8 Å². The van der Waals surface area contributed by atoms with Gasteiger partial charge in [-0.15, -0.1) is 35.3 Å². The lowest BCUT2D eigenvalue weighted by Gasteiger charge is -2.36. The first-order valence-corrected chi connectivity index (χ1v) is 10.2. The highest BCUT2D eigenvalue weighted by molar-refractivity contribution is 14.0. The van der Waals surface area contributed by atoms with Gasteiger partial charge in [-0.3, -0.25) is 4.99 Å². The summed E-state index contributed by atoms with van der Waals surface area (Å²) in [7, 11) is 1.84. The molecule has 24 heavy (non-hydrogen) atoms. The maximum Gasteiger partial charge on any atom is 0.191 e. The summed E-state index contributed by atoms with van der Waals surface area (Å²) < 4.78 is 5.77. The molecule has 1 aromatic heterocycles. The molecule has 1 aliphatic heterocycles. The van der Waals surface area contributed by atoms with Crippen LogP contribution in [0, 0.1) is 0 Å². The molecule has 7 heteroatoms. The van der Waals surface area contributed by atoms with E-state index in [0.29, 0.717) is 0 Å². The van der Waals surface area contributed by atoms with Crippen molar-refractivity contribution in [1.29, 1.82) is 0 Å². The number of hydrogen-bond donors (Lipinski definition) is 2. The Hall–Kier alpha value is 0.01000. The third kappa shape index (κ3) is 6.07. The van der Waals surface area contributed by atoms with E-state index in [4.69, 9.17) is 4.74 Å². The van der Waals surface area contributed by atoms with Gasteiger partial charge in [0, 0.05) is 48.4 Å². The highest BCUT2D eigenvalue weighted by Crippen LogP contribution is 2.33. The van der Waals surface area contributed by atoms with Crippen LogP contribution in [0.4, 0.5) is 0 Å². The number of hydrogen-bond acceptors (Lipinski definition) is 4. The zero-order valence-corrected chi connectivity index (χ0v) is 19.0. The summed E-state index contributed by atoms with van der Waals surface area (Å²) in [6.45, 7) is 8.04. The summed E-state index contributed by atoms with van der Waals surface area (Å²) in [5.41, 5.74) is 0.0989. The van der Waals surface area contributed by atoms with Crippen LogP contribution in [0.15, 0.2) is 22.5 Å². The van der Waals surface area contributed by atoms with Crippen molar-refractivity contribution >= 4 is 53.0 Å². The lowest BCUT2D eigenvalue weighted by molar-refractivity contribution is 0.0783. The summed E-state index contributed by atoms with van der Waals surface area (Å²) in [5.74, 6) is 0.884. The molecule has 1 saturated heterocycles. The van der Waals surface area contributed by atoms with E-state index < -0.39 is 0 Å². The van der Waals surface area contributed by atoms with E-state index in [1.165, 1.54) is 4.88 Å². The van der Waals surface area contributed by atoms with Crippen LogP contribution < -0.4 is 10.6 Å². The minimum Gasteiger partial charge on any atom is -0.381 e. The van der Waals surface area contributed by atoms with Crippen molar-refractivity contribution in [1.82, 2.24) is 10.6 Å². The van der Waals surface area contributed by atoms with Crippen LogP contribution in [0.1, 0.15) is 31.6 Å². The van der Waals surface area contributed by atoms with Gasteiger partial charge in [0.25, 0.3) is 0 Å². The van der Waals surface area contributed by atoms with Crippen LogP contribution in [-0.4, -0.2) is 50.3 Å². The molecule has 1 aliphatic rings. The van der Waals surface area contributed by atoms with E-state index >= 15 is 0 Å². The number of thioether (sulfide) groups is 1. The molecule has 0 bridgehead atoms. The molecular formula is C17H30IN3OS2. The molecule has 0 aliphatic carbocycles. The Morgan fingerprint density at radius 3 is 2.62 bits per heavy atom. The van der Waals surface area contributed by atoms with Crippen molar-refractivity contribution in [3.05, 3.63) is 22.4 Å². The van der Waals surface area contributed by atoms with Gasteiger partial charge < -0.3 is 15.4 Å². The summed E-state index contributed by atoms with van der Waals surface area (Å²) in [6.07, 6.45) is 4.39. The first-order valence-electron chi connectivity index (χ1n) is 8.13. The lowest BCUT2D eigenvalue weighted by atomic mass is 9.91. The monoisotopic (exact) mass is 483 g/mol. The number of guanidine groups is 1. The maximum absolute atomic E-state index is 5.51. The summed E-state index contributed by atoms with van der Waals surface area (Å²) in [5, 5.41) is 9.14. The average Bonchev–Trinajstić information content (AvgIpc) is 3.11. The van der Waals surface area contributed by atoms with E-state index in [-0.39, 0.29) is 34.1 Å². The molecule has 4 nitrogen and oxygen atoms in total. The number of rotatable bonds is 6. The fraction of sp³-hybridized carbons (Fsp3) is 0.706. The topological polar surface area (TPSA) is 45.7 Å². The van der Waals surface area contributed by atoms with Crippen LogP contribution in [0.3, 0.4) is 0 Å². The molecule has 2 heterocycles. The maximum atomic E-state index is 5.51. The molecule has 0 radical (unpaired) electrons. The van der Waals surface area contributed by atoms with Gasteiger partial charge in [-0.05, 0) is 30.5 Å². The van der Waals surface area contributed by atoms with E-state index in [0.717, 1.165) is 45.1 Å². The fourth-order valence-corrected chi connectivity index (χ4v) is 4.36. The second kappa shape index (κ2) is 10.2. The summed E-state index contributed by atoms with van der Waals surface area (Å²) >= 11 is 3.75. The highest BCUT2D eigenvalue weighted by atomic mass is 127. The van der Waals surface area contributed by atoms with Crippen molar-refractivity contribution in [2.75, 3.05) is 39.6 Å². The van der Waals surface area contributed by atoms with Gasteiger partial charge in [-0.1, -0.05) is 19.9 Å². The quantitative estimate of drug-likeness (QED) is 0.368. The third-order valence-corrected chi connectivity index (χ3v) is 7.18. The lowest BCUT2D eigenvalue weighted by Crippen LogP contribution is -2.49. The summed E-state index contributed by atoms with van der Waals surface area (Å²) in [4.78, 5) is 5.77. The molecule has 2 rings (SSSR count). The number of thiophene rings is 1. The smallest absolute Gasteiger partial charge is 0.191 e. The van der Waals surface area contributed by atoms with Crippen molar-refractivity contribution in [3.63, 3.8) is 0 Å². The number of halogens is 1. The Morgan fingerprint density at radius 2 is 2.08 bits per heavy atom. The molecule has 0 saturated carbocycles. The zero-order valence-electron chi connectivity index (χ0n) is 15.1. The van der Waals surface area contributed by atoms with Crippen LogP contribution in [0.2, 0.25) is 0 Å². The minimum absolute atomic E-state index is 0. The molecule has 0 atom stereocenters. The molecule has 1 fully saturated rings. The Balaban J connectivity index is 0.00000288. The molecule has 2 N–H and O–H groups in total. The zero-order chi connectivity index (χ0) is 16.8. The Morgan fingerprint density at radius 1 is 1.38 bits per heavy atom. The number of ether oxygens (including phenoxy) is 1. The average molecular weight is 483 g/mol. The highest BCUT2D eigenvalue weighted by Gasteiger charge is 2.32. The molecule has 0 spiro atoms. The van der Waals surface area contributed by atoms with E-state index in [2.05, 4.69) is 53.2 Å². The van der Waals surface area contributed by atoms with Crippen LogP contribution in [-0.2, 0) is 10.2 Å². The second-order valence-corrected chi connectivity index (χ2v) is 8.86. The first kappa shape index (κ1) is 22.1. The third-order valence-electron chi connectivity index (χ3n) is 4.52. The van der Waals surface area contributed by atoms with E-state index in [1.54, 1.807) is 0 Å². The molecular weight excluding hydrogens is 453 g/mol. The van der Waals surface area contributed by atoms with Crippen molar-refractivity contribution in [2.45, 2.75) is 36.9 Å². The minimum atomic E-state index is 0. The largest absolute Gasteiger partial charge is 0.381 e. The Bertz CT molecular complexity index is 500. The van der Waals surface area contributed by atoms with Crippen molar-refractivity contribution in [2.24, 2.45) is 4.99 Å². The van der Waals surface area contributed by atoms with Gasteiger partial charge in [0.05, 0.1) is 0 Å². The van der Waals surface area contributed by atoms with Gasteiger partial charge in [0.1, 0.15) is 0 Å². The van der Waals surface area contributed by atoms with Gasteiger partial charge >= 0.3 is 0 Å². The van der Waals surface area contributed by atoms with Crippen molar-refractivity contribution < 1.29 is 4.74 Å². The molecule has 0 unspecified atom stereocenters. The van der Waals surface area contributed by atoms with Crippen LogP contribution in [0.5, 0.6) is 0 Å². The SMILES string of the molecule is CN=C(NCC1(SC)CCOCC1)NCC(C)(C)c1cccs1.I. The van der Waals surface area contributed by atoms with E-state index in [9.17, 15) is 0 Å². The number of nitrogens with zero attached hydrogens (tertiary/aromatic N) is 1. The number of aliphatic imine (C=N–C) groups is 1. The van der Waals surface area contributed by atoms with Gasteiger partial charge in [0.2, 0.25) is 0 Å². The molecule has 0 aromatic carbocycles. The predicted octanol–water partition coefficient (Wildman–Crippen LogP) is 3.72. The first-order chi connectivity index (χ1) is 11.0. The Kier molecular flexibility index (Phi) is 9.40. The van der Waals surface area contributed by atoms with Crippen molar-refractivity contribution in [3.8, 4) is 0 Å². The fourth-order valence-electron chi connectivity index (χ4n) is 2.72. The second-order valence-electron chi connectivity index (χ2n) is 6.64. The number of nitrogens with one attached hydrogen (secondary N) is 2. The molecule has 0 amide bonds. The molecule has 138 valence electrons. The van der Waals surface area contributed by atoms with Gasteiger partial charge in [0.15, 0.2) is 5.96 Å². The molecule has 1 aromatic rings. The Labute approximate surface area is 171 Å². The predicted molar refractivity (Wildman–Crippen MR) is 118 cm³/mol.